The second-order valence-corrected chi connectivity index (χ2v) is 5.40. The lowest BCUT2D eigenvalue weighted by Gasteiger charge is -2.06. The summed E-state index contributed by atoms with van der Waals surface area (Å²) in [4.78, 5) is 12.3. The Kier molecular flexibility index (Phi) is 3.76. The third-order valence-electron chi connectivity index (χ3n) is 3.80. The Morgan fingerprint density at radius 1 is 1.37 bits per heavy atom. The van der Waals surface area contributed by atoms with Crippen molar-refractivity contribution >= 4 is 16.7 Å². The zero-order chi connectivity index (χ0) is 14.2. The lowest BCUT2D eigenvalue weighted by Crippen LogP contribution is -2.19. The van der Waals surface area contributed by atoms with Gasteiger partial charge in [-0.1, -0.05) is 19.9 Å². The number of fused-ring (bicyclic) bond motifs is 1. The fourth-order valence-electron chi connectivity index (χ4n) is 2.55. The highest BCUT2D eigenvalue weighted by atomic mass is 16.1. The predicted molar refractivity (Wildman–Crippen MR) is 80.0 cm³/mol. The third kappa shape index (κ3) is 2.30. The van der Waals surface area contributed by atoms with E-state index in [0.717, 1.165) is 22.2 Å². The van der Waals surface area contributed by atoms with Crippen LogP contribution in [0.15, 0.2) is 18.2 Å². The van der Waals surface area contributed by atoms with Gasteiger partial charge in [-0.2, -0.15) is 0 Å². The zero-order valence-corrected chi connectivity index (χ0v) is 12.4. The standard InChI is InChI=1S/C16H22N2O/c1-10(2)12-6-7-14-13(8-12)16(11(3)18(14)5)15(19)9-17-4/h6-8,10,17H,9H2,1-5H3. The third-order valence-corrected chi connectivity index (χ3v) is 3.80. The van der Waals surface area contributed by atoms with Crippen LogP contribution in [0.3, 0.4) is 0 Å². The summed E-state index contributed by atoms with van der Waals surface area (Å²) in [6, 6.07) is 6.43. The summed E-state index contributed by atoms with van der Waals surface area (Å²) >= 11 is 0. The summed E-state index contributed by atoms with van der Waals surface area (Å²) in [7, 11) is 3.82. The number of benzene rings is 1. The molecule has 0 aliphatic carbocycles. The quantitative estimate of drug-likeness (QED) is 0.855. The van der Waals surface area contributed by atoms with Crippen LogP contribution in [0.2, 0.25) is 0 Å². The fourth-order valence-corrected chi connectivity index (χ4v) is 2.55. The maximum absolute atomic E-state index is 12.3. The average molecular weight is 258 g/mol. The van der Waals surface area contributed by atoms with Gasteiger partial charge >= 0.3 is 0 Å². The van der Waals surface area contributed by atoms with Crippen LogP contribution in [0.1, 0.15) is 41.4 Å². The average Bonchev–Trinajstić information content (AvgIpc) is 2.62. The number of carbonyl (C=O) groups excluding carboxylic acids is 1. The summed E-state index contributed by atoms with van der Waals surface area (Å²) in [6.07, 6.45) is 0. The van der Waals surface area contributed by atoms with E-state index in [1.807, 2.05) is 14.0 Å². The molecule has 3 heteroatoms. The van der Waals surface area contributed by atoms with Crippen molar-refractivity contribution in [3.8, 4) is 0 Å². The van der Waals surface area contributed by atoms with E-state index >= 15 is 0 Å². The van der Waals surface area contributed by atoms with Gasteiger partial charge in [0.1, 0.15) is 0 Å². The number of nitrogens with one attached hydrogen (secondary N) is 1. The number of rotatable bonds is 4. The van der Waals surface area contributed by atoms with Gasteiger partial charge in [-0.05, 0) is 37.6 Å². The van der Waals surface area contributed by atoms with Crippen LogP contribution in [-0.4, -0.2) is 23.9 Å². The monoisotopic (exact) mass is 258 g/mol. The van der Waals surface area contributed by atoms with E-state index in [0.29, 0.717) is 12.5 Å². The van der Waals surface area contributed by atoms with Gasteiger partial charge < -0.3 is 9.88 Å². The Balaban J connectivity index is 2.70. The van der Waals surface area contributed by atoms with E-state index < -0.39 is 0 Å². The first-order chi connectivity index (χ1) is 8.97. The summed E-state index contributed by atoms with van der Waals surface area (Å²) in [5, 5.41) is 4.02. The Bertz CT molecular complexity index is 623. The van der Waals surface area contributed by atoms with Crippen molar-refractivity contribution in [2.24, 2.45) is 7.05 Å². The molecule has 2 aromatic rings. The first-order valence-corrected chi connectivity index (χ1v) is 6.74. The number of likely N-dealkylation sites (N-methyl/N-ethyl adjacent to an activating group) is 1. The molecule has 2 rings (SSSR count). The lowest BCUT2D eigenvalue weighted by molar-refractivity contribution is 0.0994. The summed E-state index contributed by atoms with van der Waals surface area (Å²) in [6.45, 7) is 6.74. The molecule has 0 spiro atoms. The maximum atomic E-state index is 12.3. The van der Waals surface area contributed by atoms with Gasteiger partial charge in [0, 0.05) is 29.2 Å². The van der Waals surface area contributed by atoms with Gasteiger partial charge in [0.15, 0.2) is 5.78 Å². The first kappa shape index (κ1) is 13.8. The number of aromatic nitrogens is 1. The highest BCUT2D eigenvalue weighted by Gasteiger charge is 2.18. The minimum Gasteiger partial charge on any atom is -0.347 e. The minimum absolute atomic E-state index is 0.159. The van der Waals surface area contributed by atoms with Gasteiger partial charge in [0.05, 0.1) is 6.54 Å². The summed E-state index contributed by atoms with van der Waals surface area (Å²) < 4.78 is 2.10. The molecule has 0 amide bonds. The predicted octanol–water partition coefficient (Wildman–Crippen LogP) is 3.01. The van der Waals surface area contributed by atoms with Crippen molar-refractivity contribution in [3.63, 3.8) is 0 Å². The zero-order valence-electron chi connectivity index (χ0n) is 12.4. The molecule has 1 aromatic carbocycles. The van der Waals surface area contributed by atoms with Crippen LogP contribution in [0.5, 0.6) is 0 Å². The van der Waals surface area contributed by atoms with Crippen molar-refractivity contribution < 1.29 is 4.79 Å². The van der Waals surface area contributed by atoms with Crippen LogP contribution in [0.4, 0.5) is 0 Å². The molecule has 0 radical (unpaired) electrons. The fraction of sp³-hybridized carbons (Fsp3) is 0.438. The molecular formula is C16H22N2O. The molecule has 1 heterocycles. The second-order valence-electron chi connectivity index (χ2n) is 5.40. The van der Waals surface area contributed by atoms with E-state index in [1.54, 1.807) is 7.05 Å². The van der Waals surface area contributed by atoms with Crippen molar-refractivity contribution in [1.29, 1.82) is 0 Å². The van der Waals surface area contributed by atoms with Crippen LogP contribution in [0.25, 0.3) is 10.9 Å². The molecule has 0 saturated heterocycles. The number of ketones is 1. The van der Waals surface area contributed by atoms with E-state index in [2.05, 4.69) is 41.9 Å². The summed E-state index contributed by atoms with van der Waals surface area (Å²) in [5.74, 6) is 0.628. The SMILES string of the molecule is CNCC(=O)c1c(C)n(C)c2ccc(C(C)C)cc12. The van der Waals surface area contributed by atoms with Gasteiger partial charge in [0.25, 0.3) is 0 Å². The van der Waals surface area contributed by atoms with Gasteiger partial charge in [-0.15, -0.1) is 0 Å². The van der Waals surface area contributed by atoms with E-state index in [1.165, 1.54) is 5.56 Å². The minimum atomic E-state index is 0.159. The molecular weight excluding hydrogens is 236 g/mol. The van der Waals surface area contributed by atoms with Crippen molar-refractivity contribution in [1.82, 2.24) is 9.88 Å². The molecule has 3 nitrogen and oxygen atoms in total. The molecule has 1 N–H and O–H groups in total. The number of hydrogen-bond donors (Lipinski definition) is 1. The maximum Gasteiger partial charge on any atom is 0.179 e. The molecule has 0 aliphatic heterocycles. The van der Waals surface area contributed by atoms with Gasteiger partial charge in [-0.25, -0.2) is 0 Å². The highest BCUT2D eigenvalue weighted by molar-refractivity contribution is 6.10. The number of hydrogen-bond acceptors (Lipinski definition) is 2. The Morgan fingerprint density at radius 2 is 2.05 bits per heavy atom. The lowest BCUT2D eigenvalue weighted by atomic mass is 9.99. The molecule has 102 valence electrons. The van der Waals surface area contributed by atoms with E-state index in [4.69, 9.17) is 0 Å². The normalized spacial score (nSPS) is 11.5. The molecule has 19 heavy (non-hydrogen) atoms. The van der Waals surface area contributed by atoms with E-state index in [9.17, 15) is 4.79 Å². The number of aryl methyl sites for hydroxylation is 1. The van der Waals surface area contributed by atoms with Crippen molar-refractivity contribution in [2.45, 2.75) is 26.7 Å². The van der Waals surface area contributed by atoms with Gasteiger partial charge in [-0.3, -0.25) is 4.79 Å². The van der Waals surface area contributed by atoms with Crippen LogP contribution >= 0.6 is 0 Å². The van der Waals surface area contributed by atoms with Crippen LogP contribution < -0.4 is 5.32 Å². The van der Waals surface area contributed by atoms with E-state index in [-0.39, 0.29) is 5.78 Å². The number of carbonyl (C=O) groups is 1. The largest absolute Gasteiger partial charge is 0.347 e. The highest BCUT2D eigenvalue weighted by Crippen LogP contribution is 2.28. The number of nitrogens with zero attached hydrogens (tertiary/aromatic N) is 1. The van der Waals surface area contributed by atoms with Crippen molar-refractivity contribution in [2.75, 3.05) is 13.6 Å². The van der Waals surface area contributed by atoms with Crippen LogP contribution in [-0.2, 0) is 7.05 Å². The summed E-state index contributed by atoms with van der Waals surface area (Å²) in [5.41, 5.74) is 4.29. The molecule has 0 bridgehead atoms. The molecule has 0 saturated carbocycles. The van der Waals surface area contributed by atoms with Crippen molar-refractivity contribution in [3.05, 3.63) is 35.0 Å². The molecule has 0 aliphatic rings. The Morgan fingerprint density at radius 3 is 2.63 bits per heavy atom. The molecule has 0 fully saturated rings. The first-order valence-electron chi connectivity index (χ1n) is 6.74. The molecule has 1 aromatic heterocycles. The molecule has 0 unspecified atom stereocenters. The Labute approximate surface area is 114 Å². The topological polar surface area (TPSA) is 34.0 Å². The second kappa shape index (κ2) is 5.17. The number of Topliss-reactive ketones (excluding diaryl/α,β-unsaturated/α-hetero) is 1. The van der Waals surface area contributed by atoms with Gasteiger partial charge in [0.2, 0.25) is 0 Å². The molecule has 0 atom stereocenters. The smallest absolute Gasteiger partial charge is 0.179 e. The van der Waals surface area contributed by atoms with Crippen LogP contribution in [0, 0.1) is 6.92 Å². The Hall–Kier alpha value is -1.61.